The average Bonchev–Trinajstić information content (AvgIpc) is 2.50. The quantitative estimate of drug-likeness (QED) is 0.554. The molecule has 1 aromatic rings. The van der Waals surface area contributed by atoms with Crippen LogP contribution in [-0.4, -0.2) is 52.0 Å². The molecule has 2 N–H and O–H groups in total. The van der Waals surface area contributed by atoms with Crippen molar-refractivity contribution in [2.24, 2.45) is 0 Å². The molecule has 10 nitrogen and oxygen atoms in total. The molecule has 0 aliphatic rings. The average molecular weight is 358 g/mol. The molecule has 1 heterocycles. The minimum atomic E-state index is -1.09. The molecule has 0 amide bonds. The summed E-state index contributed by atoms with van der Waals surface area (Å²) >= 11 is 0. The number of ether oxygens (including phenoxy) is 3. The van der Waals surface area contributed by atoms with Gasteiger partial charge in [0.25, 0.3) is 5.56 Å². The van der Waals surface area contributed by atoms with Crippen molar-refractivity contribution in [3.8, 4) is 0 Å². The van der Waals surface area contributed by atoms with Crippen molar-refractivity contribution >= 4 is 11.9 Å². The molecular weight excluding hydrogens is 336 g/mol. The number of aliphatic hydroxyl groups excluding tert-OH is 1. The maximum Gasteiger partial charge on any atom is 0.330 e. The third kappa shape index (κ3) is 6.89. The molecular formula is C15H22N2O8. The highest BCUT2D eigenvalue weighted by Gasteiger charge is 2.27. The van der Waals surface area contributed by atoms with E-state index in [4.69, 9.17) is 14.2 Å². The monoisotopic (exact) mass is 358 g/mol. The number of aromatic amines is 1. The van der Waals surface area contributed by atoms with Crippen LogP contribution in [-0.2, 0) is 23.8 Å². The van der Waals surface area contributed by atoms with Gasteiger partial charge in [-0.2, -0.15) is 0 Å². The molecule has 0 saturated carbocycles. The zero-order valence-electron chi connectivity index (χ0n) is 14.3. The summed E-state index contributed by atoms with van der Waals surface area (Å²) in [6.07, 6.45) is -1.41. The number of aliphatic hydroxyl groups is 1. The van der Waals surface area contributed by atoms with Crippen LogP contribution in [0.4, 0.5) is 0 Å². The Hall–Kier alpha value is -2.46. The number of carbonyl (C=O) groups is 2. The Bertz CT molecular complexity index is 695. The van der Waals surface area contributed by atoms with Crippen molar-refractivity contribution < 1.29 is 28.9 Å². The second-order valence-electron chi connectivity index (χ2n) is 5.29. The standard InChI is InChI=1S/C15H22N2O8/c1-9(24-11(3)20)14(17-6-4-13(21)16-15(17)22)25-12(8-18)5-7-23-10(2)19/h4,6,9,12,14,18H,5,7-8H2,1-3H3,(H,16,21,22)/t9-,12+,14-/m1/s1. The molecule has 1 rings (SSSR count). The molecule has 0 saturated heterocycles. The van der Waals surface area contributed by atoms with E-state index in [1.54, 1.807) is 0 Å². The predicted molar refractivity (Wildman–Crippen MR) is 84.8 cm³/mol. The first-order chi connectivity index (χ1) is 11.7. The lowest BCUT2D eigenvalue weighted by atomic mass is 10.2. The molecule has 1 aromatic heterocycles. The van der Waals surface area contributed by atoms with Gasteiger partial charge in [-0.3, -0.25) is 23.9 Å². The van der Waals surface area contributed by atoms with Crippen molar-refractivity contribution in [2.45, 2.75) is 45.6 Å². The first-order valence-corrected chi connectivity index (χ1v) is 7.63. The predicted octanol–water partition coefficient (Wildman–Crippen LogP) is -0.682. The number of H-pyrrole nitrogens is 1. The summed E-state index contributed by atoms with van der Waals surface area (Å²) in [5, 5.41) is 9.45. The summed E-state index contributed by atoms with van der Waals surface area (Å²) in [5.41, 5.74) is -1.35. The lowest BCUT2D eigenvalue weighted by Crippen LogP contribution is -2.40. The lowest BCUT2D eigenvalue weighted by Gasteiger charge is -2.29. The van der Waals surface area contributed by atoms with E-state index in [-0.39, 0.29) is 13.0 Å². The van der Waals surface area contributed by atoms with Crippen molar-refractivity contribution in [2.75, 3.05) is 13.2 Å². The van der Waals surface area contributed by atoms with Gasteiger partial charge in [0.1, 0.15) is 6.10 Å². The summed E-state index contributed by atoms with van der Waals surface area (Å²) in [6, 6.07) is 1.12. The van der Waals surface area contributed by atoms with Crippen LogP contribution in [0.15, 0.2) is 21.9 Å². The number of nitrogens with one attached hydrogen (secondary N) is 1. The third-order valence-corrected chi connectivity index (χ3v) is 3.16. The van der Waals surface area contributed by atoms with Crippen molar-refractivity contribution in [3.05, 3.63) is 33.1 Å². The fraction of sp³-hybridized carbons (Fsp3) is 0.600. The number of carbonyl (C=O) groups excluding carboxylic acids is 2. The summed E-state index contributed by atoms with van der Waals surface area (Å²) in [6.45, 7) is 3.55. The van der Waals surface area contributed by atoms with Crippen molar-refractivity contribution in [3.63, 3.8) is 0 Å². The number of nitrogens with zero attached hydrogens (tertiary/aromatic N) is 1. The fourth-order valence-electron chi connectivity index (χ4n) is 2.08. The van der Waals surface area contributed by atoms with E-state index in [9.17, 15) is 24.3 Å². The van der Waals surface area contributed by atoms with Gasteiger partial charge in [-0.1, -0.05) is 0 Å². The SMILES string of the molecule is CC(=O)OCC[C@@H](CO)O[C@H]([C@@H](C)OC(C)=O)n1ccc(=O)[nH]c1=O. The summed E-state index contributed by atoms with van der Waals surface area (Å²) < 4.78 is 16.6. The Morgan fingerprint density at radius 3 is 2.48 bits per heavy atom. The Balaban J connectivity index is 3.00. The topological polar surface area (TPSA) is 137 Å². The minimum absolute atomic E-state index is 0.00967. The van der Waals surface area contributed by atoms with Gasteiger partial charge in [0.15, 0.2) is 6.23 Å². The van der Waals surface area contributed by atoms with Crippen LogP contribution in [0.3, 0.4) is 0 Å². The number of hydrogen-bond acceptors (Lipinski definition) is 8. The summed E-state index contributed by atoms with van der Waals surface area (Å²) in [4.78, 5) is 47.3. The van der Waals surface area contributed by atoms with Crippen LogP contribution in [0.25, 0.3) is 0 Å². The Kier molecular flexibility index (Phi) is 8.02. The number of aromatic nitrogens is 2. The molecule has 0 unspecified atom stereocenters. The Labute approximate surface area is 143 Å². The molecule has 0 spiro atoms. The minimum Gasteiger partial charge on any atom is -0.466 e. The highest BCUT2D eigenvalue weighted by atomic mass is 16.6. The summed E-state index contributed by atoms with van der Waals surface area (Å²) in [7, 11) is 0. The second kappa shape index (κ2) is 9.74. The van der Waals surface area contributed by atoms with Crippen LogP contribution >= 0.6 is 0 Å². The highest BCUT2D eigenvalue weighted by Crippen LogP contribution is 2.18. The van der Waals surface area contributed by atoms with Gasteiger partial charge < -0.3 is 19.3 Å². The van der Waals surface area contributed by atoms with Gasteiger partial charge in [-0.15, -0.1) is 0 Å². The second-order valence-corrected chi connectivity index (χ2v) is 5.29. The van der Waals surface area contributed by atoms with Crippen molar-refractivity contribution in [1.29, 1.82) is 0 Å². The molecule has 0 aliphatic heterocycles. The van der Waals surface area contributed by atoms with Gasteiger partial charge in [-0.25, -0.2) is 4.79 Å². The molecule has 0 radical (unpaired) electrons. The van der Waals surface area contributed by atoms with Gasteiger partial charge in [-0.05, 0) is 6.92 Å². The number of esters is 2. The first kappa shape index (κ1) is 20.6. The molecule has 140 valence electrons. The maximum absolute atomic E-state index is 12.0. The zero-order valence-corrected chi connectivity index (χ0v) is 14.3. The zero-order chi connectivity index (χ0) is 19.0. The van der Waals surface area contributed by atoms with Crippen LogP contribution in [0.2, 0.25) is 0 Å². The van der Waals surface area contributed by atoms with E-state index >= 15 is 0 Å². The molecule has 10 heteroatoms. The van der Waals surface area contributed by atoms with E-state index in [0.717, 1.165) is 10.6 Å². The van der Waals surface area contributed by atoms with Gasteiger partial charge in [0, 0.05) is 32.5 Å². The Morgan fingerprint density at radius 1 is 1.28 bits per heavy atom. The fourth-order valence-corrected chi connectivity index (χ4v) is 2.08. The van der Waals surface area contributed by atoms with Crippen LogP contribution in [0, 0.1) is 0 Å². The van der Waals surface area contributed by atoms with Crippen LogP contribution in [0.1, 0.15) is 33.4 Å². The van der Waals surface area contributed by atoms with Gasteiger partial charge in [0.05, 0.1) is 19.3 Å². The molecule has 0 aromatic carbocycles. The lowest BCUT2D eigenvalue weighted by molar-refractivity contribution is -0.171. The van der Waals surface area contributed by atoms with Crippen LogP contribution in [0.5, 0.6) is 0 Å². The Morgan fingerprint density at radius 2 is 1.96 bits per heavy atom. The third-order valence-electron chi connectivity index (χ3n) is 3.16. The van der Waals surface area contributed by atoms with Gasteiger partial charge >= 0.3 is 17.6 Å². The number of rotatable bonds is 9. The molecule has 0 bridgehead atoms. The van der Waals surface area contributed by atoms with E-state index in [1.807, 2.05) is 0 Å². The highest BCUT2D eigenvalue weighted by molar-refractivity contribution is 5.66. The molecule has 0 aliphatic carbocycles. The van der Waals surface area contributed by atoms with Crippen LogP contribution < -0.4 is 11.2 Å². The largest absolute Gasteiger partial charge is 0.466 e. The number of hydrogen-bond donors (Lipinski definition) is 2. The summed E-state index contributed by atoms with van der Waals surface area (Å²) in [5.74, 6) is -1.06. The molecule has 25 heavy (non-hydrogen) atoms. The maximum atomic E-state index is 12.0. The van der Waals surface area contributed by atoms with E-state index in [2.05, 4.69) is 4.98 Å². The smallest absolute Gasteiger partial charge is 0.330 e. The van der Waals surface area contributed by atoms with E-state index < -0.39 is 48.2 Å². The molecule has 0 fully saturated rings. The van der Waals surface area contributed by atoms with E-state index in [1.165, 1.54) is 27.0 Å². The molecule has 3 atom stereocenters. The van der Waals surface area contributed by atoms with Gasteiger partial charge in [0.2, 0.25) is 0 Å². The van der Waals surface area contributed by atoms with Crippen molar-refractivity contribution in [1.82, 2.24) is 9.55 Å². The normalized spacial score (nSPS) is 14.4. The first-order valence-electron chi connectivity index (χ1n) is 7.63. The van der Waals surface area contributed by atoms with E-state index in [0.29, 0.717) is 0 Å².